The molecule has 0 fully saturated rings. The van der Waals surface area contributed by atoms with E-state index in [-0.39, 0.29) is 11.1 Å². The lowest BCUT2D eigenvalue weighted by Crippen LogP contribution is -2.21. The summed E-state index contributed by atoms with van der Waals surface area (Å²) in [7, 11) is 3.01. The molecule has 1 aromatic heterocycles. The van der Waals surface area contributed by atoms with E-state index < -0.39 is 5.91 Å². The minimum atomic E-state index is -0.501. The molecule has 128 valence electrons. The van der Waals surface area contributed by atoms with Gasteiger partial charge in [-0.2, -0.15) is 0 Å². The molecule has 0 spiro atoms. The number of fused-ring (bicyclic) bond motifs is 1. The van der Waals surface area contributed by atoms with Crippen molar-refractivity contribution >= 4 is 34.2 Å². The molecule has 0 aliphatic carbocycles. The maximum Gasteiger partial charge on any atom is 0.261 e. The van der Waals surface area contributed by atoms with E-state index in [1.807, 2.05) is 0 Å². The molecule has 0 saturated carbocycles. The third-order valence-electron chi connectivity index (χ3n) is 3.63. The summed E-state index contributed by atoms with van der Waals surface area (Å²) in [6.07, 6.45) is 0. The van der Waals surface area contributed by atoms with Crippen LogP contribution in [-0.4, -0.2) is 20.1 Å². The highest BCUT2D eigenvalue weighted by atomic mass is 35.5. The summed E-state index contributed by atoms with van der Waals surface area (Å²) in [4.78, 5) is 12.6. The van der Waals surface area contributed by atoms with Crippen LogP contribution in [0.2, 0.25) is 5.02 Å². The number of amides is 1. The van der Waals surface area contributed by atoms with Gasteiger partial charge in [-0.15, -0.1) is 0 Å². The summed E-state index contributed by atoms with van der Waals surface area (Å²) in [5, 5.41) is 11.8. The number of para-hydroxylation sites is 1. The van der Waals surface area contributed by atoms with Gasteiger partial charge in [0.2, 0.25) is 5.55 Å². The van der Waals surface area contributed by atoms with E-state index in [1.165, 1.54) is 14.2 Å². The van der Waals surface area contributed by atoms with Crippen LogP contribution in [0.1, 0.15) is 10.4 Å². The number of anilines is 1. The van der Waals surface area contributed by atoms with Crippen LogP contribution in [0.25, 0.3) is 11.0 Å². The molecule has 0 atom stereocenters. The van der Waals surface area contributed by atoms with Gasteiger partial charge in [-0.1, -0.05) is 23.7 Å². The van der Waals surface area contributed by atoms with Crippen molar-refractivity contribution < 1.29 is 18.7 Å². The average molecular weight is 359 g/mol. The molecule has 6 nitrogen and oxygen atoms in total. The molecule has 2 N–H and O–H groups in total. The molecular weight excluding hydrogens is 344 g/mol. The zero-order valence-electron chi connectivity index (χ0n) is 13.6. The van der Waals surface area contributed by atoms with Crippen molar-refractivity contribution in [2.24, 2.45) is 0 Å². The Morgan fingerprint density at radius 2 is 1.88 bits per heavy atom. The Morgan fingerprint density at radius 3 is 2.60 bits per heavy atom. The number of hydrogen-bond donors (Lipinski definition) is 2. The molecule has 0 radical (unpaired) electrons. The van der Waals surface area contributed by atoms with Gasteiger partial charge in [0, 0.05) is 10.4 Å². The number of ether oxygens (including phenoxy) is 2. The third-order valence-corrected chi connectivity index (χ3v) is 3.87. The fourth-order valence-corrected chi connectivity index (χ4v) is 2.60. The molecule has 1 amide bonds. The van der Waals surface area contributed by atoms with Gasteiger partial charge in [0.1, 0.15) is 11.3 Å². The number of halogens is 1. The standard InChI is InChI=1S/C18H15ClN2O4/c1-23-14-7-6-11(19)9-13(14)21-18(22)12-8-10-4-3-5-15(24-2)16(10)25-17(12)20/h3-9,20H,1-2H3,(H,21,22). The summed E-state index contributed by atoms with van der Waals surface area (Å²) in [5.41, 5.74) is 0.635. The van der Waals surface area contributed by atoms with Crippen LogP contribution in [-0.2, 0) is 0 Å². The van der Waals surface area contributed by atoms with Crippen LogP contribution in [0.3, 0.4) is 0 Å². The fraction of sp³-hybridized carbons (Fsp3) is 0.111. The second-order valence-corrected chi connectivity index (χ2v) is 5.60. The Hall–Kier alpha value is -2.99. The van der Waals surface area contributed by atoms with Gasteiger partial charge in [0.25, 0.3) is 5.91 Å². The van der Waals surface area contributed by atoms with Crippen LogP contribution < -0.4 is 20.3 Å². The van der Waals surface area contributed by atoms with E-state index in [0.717, 1.165) is 0 Å². The Morgan fingerprint density at radius 1 is 1.12 bits per heavy atom. The summed E-state index contributed by atoms with van der Waals surface area (Å²) in [6, 6.07) is 11.7. The summed E-state index contributed by atoms with van der Waals surface area (Å²) < 4.78 is 15.9. The van der Waals surface area contributed by atoms with Crippen molar-refractivity contribution in [3.8, 4) is 11.5 Å². The molecule has 0 unspecified atom stereocenters. The normalized spacial score (nSPS) is 10.5. The number of carbonyl (C=O) groups is 1. The molecule has 7 heteroatoms. The van der Waals surface area contributed by atoms with Crippen LogP contribution in [0.5, 0.6) is 11.5 Å². The third kappa shape index (κ3) is 3.29. The number of rotatable bonds is 4. The van der Waals surface area contributed by atoms with Crippen molar-refractivity contribution in [2.75, 3.05) is 19.5 Å². The first-order chi connectivity index (χ1) is 12.0. The summed E-state index contributed by atoms with van der Waals surface area (Å²) in [6.45, 7) is 0. The number of nitrogens with one attached hydrogen (secondary N) is 2. The van der Waals surface area contributed by atoms with Gasteiger partial charge in [-0.05, 0) is 30.3 Å². The second-order valence-electron chi connectivity index (χ2n) is 5.17. The highest BCUT2D eigenvalue weighted by Crippen LogP contribution is 2.28. The van der Waals surface area contributed by atoms with Gasteiger partial charge < -0.3 is 19.2 Å². The number of methoxy groups -OCH3 is 2. The number of hydrogen-bond acceptors (Lipinski definition) is 5. The van der Waals surface area contributed by atoms with Gasteiger partial charge in [-0.3, -0.25) is 10.2 Å². The molecule has 3 aromatic rings. The maximum absolute atomic E-state index is 12.6. The molecular formula is C18H15ClN2O4. The smallest absolute Gasteiger partial charge is 0.261 e. The van der Waals surface area contributed by atoms with Crippen molar-refractivity contribution in [2.45, 2.75) is 0 Å². The molecule has 0 aliphatic rings. The maximum atomic E-state index is 12.6. The van der Waals surface area contributed by atoms with Gasteiger partial charge in [0.15, 0.2) is 11.3 Å². The molecule has 0 aliphatic heterocycles. The monoisotopic (exact) mass is 358 g/mol. The quantitative estimate of drug-likeness (QED) is 0.742. The van der Waals surface area contributed by atoms with E-state index >= 15 is 0 Å². The Bertz CT molecular complexity index is 1010. The lowest BCUT2D eigenvalue weighted by molar-refractivity contribution is 0.102. The highest BCUT2D eigenvalue weighted by Gasteiger charge is 2.15. The average Bonchev–Trinajstić information content (AvgIpc) is 2.60. The van der Waals surface area contributed by atoms with Crippen molar-refractivity contribution in [3.63, 3.8) is 0 Å². The predicted octanol–water partition coefficient (Wildman–Crippen LogP) is 3.84. The van der Waals surface area contributed by atoms with Crippen LogP contribution in [0.4, 0.5) is 5.69 Å². The van der Waals surface area contributed by atoms with Crippen molar-refractivity contribution in [1.29, 1.82) is 5.41 Å². The SMILES string of the molecule is COc1ccc(Cl)cc1NC(=O)c1cc2cccc(OC)c2oc1=N. The van der Waals surface area contributed by atoms with Gasteiger partial charge >= 0.3 is 0 Å². The van der Waals surface area contributed by atoms with E-state index in [1.54, 1.807) is 42.5 Å². The van der Waals surface area contributed by atoms with Gasteiger partial charge in [0.05, 0.1) is 19.9 Å². The Balaban J connectivity index is 2.02. The van der Waals surface area contributed by atoms with Gasteiger partial charge in [-0.25, -0.2) is 0 Å². The van der Waals surface area contributed by atoms with Crippen molar-refractivity contribution in [1.82, 2.24) is 0 Å². The van der Waals surface area contributed by atoms with Crippen LogP contribution in [0.15, 0.2) is 46.9 Å². The summed E-state index contributed by atoms with van der Waals surface area (Å²) >= 11 is 5.97. The largest absolute Gasteiger partial charge is 0.495 e. The summed E-state index contributed by atoms with van der Waals surface area (Å²) in [5.74, 6) is 0.456. The fourth-order valence-electron chi connectivity index (χ4n) is 2.43. The lowest BCUT2D eigenvalue weighted by atomic mass is 10.1. The first-order valence-electron chi connectivity index (χ1n) is 7.34. The molecule has 3 rings (SSSR count). The lowest BCUT2D eigenvalue weighted by Gasteiger charge is -2.11. The minimum Gasteiger partial charge on any atom is -0.495 e. The predicted molar refractivity (Wildman–Crippen MR) is 94.6 cm³/mol. The van der Waals surface area contributed by atoms with E-state index in [2.05, 4.69) is 5.32 Å². The zero-order chi connectivity index (χ0) is 18.0. The van der Waals surface area contributed by atoms with E-state index in [0.29, 0.717) is 33.2 Å². The van der Waals surface area contributed by atoms with E-state index in [9.17, 15) is 4.79 Å². The molecule has 1 heterocycles. The van der Waals surface area contributed by atoms with E-state index in [4.69, 9.17) is 30.9 Å². The highest BCUT2D eigenvalue weighted by molar-refractivity contribution is 6.31. The van der Waals surface area contributed by atoms with Crippen molar-refractivity contribution in [3.05, 3.63) is 58.6 Å². The Kier molecular flexibility index (Phi) is 4.63. The minimum absolute atomic E-state index is 0.0859. The zero-order valence-corrected chi connectivity index (χ0v) is 14.3. The molecule has 0 bridgehead atoms. The second kappa shape index (κ2) is 6.86. The van der Waals surface area contributed by atoms with Crippen LogP contribution >= 0.6 is 11.6 Å². The molecule has 2 aromatic carbocycles. The Labute approximate surface area is 148 Å². The molecule has 0 saturated heterocycles. The van der Waals surface area contributed by atoms with Crippen LogP contribution in [0, 0.1) is 5.41 Å². The first-order valence-corrected chi connectivity index (χ1v) is 7.71. The first kappa shape index (κ1) is 16.9. The number of benzene rings is 2. The topological polar surface area (TPSA) is 84.6 Å². The number of carbonyl (C=O) groups excluding carboxylic acids is 1. The molecule has 25 heavy (non-hydrogen) atoms.